The second kappa shape index (κ2) is 6.31. The van der Waals surface area contributed by atoms with Gasteiger partial charge in [0.1, 0.15) is 6.04 Å². The van der Waals surface area contributed by atoms with Crippen molar-refractivity contribution in [3.05, 3.63) is 0 Å². The predicted octanol–water partition coefficient (Wildman–Crippen LogP) is 0.127. The molecule has 18 heavy (non-hydrogen) atoms. The average Bonchev–Trinajstić information content (AvgIpc) is 2.41. The van der Waals surface area contributed by atoms with E-state index in [1.54, 1.807) is 11.2 Å². The number of hydrogen-bond donors (Lipinski definition) is 1. The third-order valence-electron chi connectivity index (χ3n) is 3.21. The quantitative estimate of drug-likeness (QED) is 0.792. The van der Waals surface area contributed by atoms with E-state index in [0.29, 0.717) is 19.5 Å². The molecule has 0 aliphatic carbocycles. The van der Waals surface area contributed by atoms with Crippen molar-refractivity contribution in [2.75, 3.05) is 19.3 Å². The number of carbonyl (C=O) groups is 2. The summed E-state index contributed by atoms with van der Waals surface area (Å²) in [5.74, 6) is -0.0903. The second-order valence-electron chi connectivity index (χ2n) is 5.13. The van der Waals surface area contributed by atoms with Gasteiger partial charge >= 0.3 is 0 Å². The topological polar surface area (TPSA) is 66.5 Å². The first-order valence-corrected chi connectivity index (χ1v) is 7.85. The highest BCUT2D eigenvalue weighted by Crippen LogP contribution is 2.12. The molecule has 5 nitrogen and oxygen atoms in total. The summed E-state index contributed by atoms with van der Waals surface area (Å²) in [5.41, 5.74) is 0. The summed E-state index contributed by atoms with van der Waals surface area (Å²) in [4.78, 5) is 25.5. The molecule has 6 heteroatoms. The number of nitrogens with one attached hydrogen (secondary N) is 1. The molecule has 3 atom stereocenters. The minimum Gasteiger partial charge on any atom is -0.344 e. The van der Waals surface area contributed by atoms with E-state index >= 15 is 0 Å². The predicted molar refractivity (Wildman–Crippen MR) is 71.5 cm³/mol. The maximum atomic E-state index is 12.3. The van der Waals surface area contributed by atoms with Crippen molar-refractivity contribution < 1.29 is 13.8 Å². The number of amides is 2. The Labute approximate surface area is 111 Å². The highest BCUT2D eigenvalue weighted by molar-refractivity contribution is 7.84. The van der Waals surface area contributed by atoms with Crippen molar-refractivity contribution in [2.45, 2.75) is 38.5 Å². The van der Waals surface area contributed by atoms with E-state index in [-0.39, 0.29) is 23.0 Å². The lowest BCUT2D eigenvalue weighted by molar-refractivity contribution is -0.134. The molecule has 1 fully saturated rings. The lowest BCUT2D eigenvalue weighted by atomic mass is 10.0. The SMILES string of the molecule is CC(C)C1NC(=O)CCN(CC(C)S(C)=O)C1=O. The van der Waals surface area contributed by atoms with Gasteiger partial charge in [-0.15, -0.1) is 0 Å². The lowest BCUT2D eigenvalue weighted by Gasteiger charge is -2.27. The van der Waals surface area contributed by atoms with Crippen LogP contribution < -0.4 is 5.32 Å². The molecule has 1 rings (SSSR count). The van der Waals surface area contributed by atoms with E-state index in [4.69, 9.17) is 0 Å². The molecular weight excluding hydrogens is 252 g/mol. The van der Waals surface area contributed by atoms with Gasteiger partial charge in [0.25, 0.3) is 0 Å². The van der Waals surface area contributed by atoms with Crippen LogP contribution in [0.4, 0.5) is 0 Å². The minimum atomic E-state index is -0.963. The zero-order valence-electron chi connectivity index (χ0n) is 11.4. The standard InChI is InChI=1S/C12H22N2O3S/c1-8(2)11-12(16)14(6-5-10(15)13-11)7-9(3)18(4)17/h8-9,11H,5-7H2,1-4H3,(H,13,15). The molecule has 0 spiro atoms. The van der Waals surface area contributed by atoms with Crippen LogP contribution in [-0.4, -0.2) is 51.6 Å². The Kier molecular flexibility index (Phi) is 5.31. The normalized spacial score (nSPS) is 24.7. The van der Waals surface area contributed by atoms with Gasteiger partial charge in [0.15, 0.2) is 0 Å². The Balaban J connectivity index is 2.80. The molecular formula is C12H22N2O3S. The maximum Gasteiger partial charge on any atom is 0.245 e. The van der Waals surface area contributed by atoms with Gasteiger partial charge in [-0.2, -0.15) is 0 Å². The van der Waals surface area contributed by atoms with Gasteiger partial charge in [-0.3, -0.25) is 13.8 Å². The first-order valence-electron chi connectivity index (χ1n) is 6.23. The highest BCUT2D eigenvalue weighted by Gasteiger charge is 2.32. The zero-order valence-corrected chi connectivity index (χ0v) is 12.3. The van der Waals surface area contributed by atoms with E-state index in [1.165, 1.54) is 0 Å². The Hall–Kier alpha value is -0.910. The summed E-state index contributed by atoms with van der Waals surface area (Å²) in [7, 11) is -0.963. The Morgan fingerprint density at radius 3 is 2.50 bits per heavy atom. The molecule has 0 aromatic carbocycles. The molecule has 1 aliphatic rings. The average molecular weight is 274 g/mol. The van der Waals surface area contributed by atoms with Crippen LogP contribution in [0.1, 0.15) is 27.2 Å². The summed E-state index contributed by atoms with van der Waals surface area (Å²) in [6.07, 6.45) is 1.95. The number of nitrogens with zero attached hydrogens (tertiary/aromatic N) is 1. The van der Waals surface area contributed by atoms with Crippen molar-refractivity contribution in [2.24, 2.45) is 5.92 Å². The summed E-state index contributed by atoms with van der Waals surface area (Å²) in [6.45, 7) is 6.53. The third-order valence-corrected chi connectivity index (χ3v) is 4.50. The molecule has 104 valence electrons. The first kappa shape index (κ1) is 15.1. The number of carbonyl (C=O) groups excluding carboxylic acids is 2. The fourth-order valence-electron chi connectivity index (χ4n) is 1.90. The van der Waals surface area contributed by atoms with E-state index in [9.17, 15) is 13.8 Å². The van der Waals surface area contributed by atoms with Crippen LogP contribution in [-0.2, 0) is 20.4 Å². The number of hydrogen-bond acceptors (Lipinski definition) is 3. The van der Waals surface area contributed by atoms with Crippen LogP contribution in [0.2, 0.25) is 0 Å². The molecule has 0 bridgehead atoms. The van der Waals surface area contributed by atoms with E-state index < -0.39 is 16.8 Å². The molecule has 0 radical (unpaired) electrons. The van der Waals surface area contributed by atoms with Crippen molar-refractivity contribution in [1.82, 2.24) is 10.2 Å². The molecule has 1 saturated heterocycles. The van der Waals surface area contributed by atoms with E-state index in [1.807, 2.05) is 20.8 Å². The molecule has 3 unspecified atom stereocenters. The lowest BCUT2D eigenvalue weighted by Crippen LogP contribution is -2.49. The largest absolute Gasteiger partial charge is 0.344 e. The molecule has 1 aliphatic heterocycles. The van der Waals surface area contributed by atoms with Crippen LogP contribution >= 0.6 is 0 Å². The van der Waals surface area contributed by atoms with Gasteiger partial charge in [0.2, 0.25) is 11.8 Å². The third kappa shape index (κ3) is 3.80. The van der Waals surface area contributed by atoms with Crippen molar-refractivity contribution in [1.29, 1.82) is 0 Å². The summed E-state index contributed by atoms with van der Waals surface area (Å²) in [6, 6.07) is -0.461. The van der Waals surface area contributed by atoms with Crippen molar-refractivity contribution in [3.8, 4) is 0 Å². The molecule has 0 aromatic rings. The van der Waals surface area contributed by atoms with Gasteiger partial charge in [-0.05, 0) is 12.8 Å². The van der Waals surface area contributed by atoms with Crippen molar-refractivity contribution >= 4 is 22.6 Å². The fraction of sp³-hybridized carbons (Fsp3) is 0.833. The molecule has 2 amide bonds. The molecule has 1 N–H and O–H groups in total. The van der Waals surface area contributed by atoms with Crippen LogP contribution in [0, 0.1) is 5.92 Å². The van der Waals surface area contributed by atoms with Crippen molar-refractivity contribution in [3.63, 3.8) is 0 Å². The van der Waals surface area contributed by atoms with Gasteiger partial charge in [-0.1, -0.05) is 13.8 Å². The highest BCUT2D eigenvalue weighted by atomic mass is 32.2. The van der Waals surface area contributed by atoms with E-state index in [0.717, 1.165) is 0 Å². The van der Waals surface area contributed by atoms with Crippen LogP contribution in [0.15, 0.2) is 0 Å². The van der Waals surface area contributed by atoms with Gasteiger partial charge < -0.3 is 10.2 Å². The monoisotopic (exact) mass is 274 g/mol. The van der Waals surface area contributed by atoms with E-state index in [2.05, 4.69) is 5.32 Å². The van der Waals surface area contributed by atoms with Crippen LogP contribution in [0.3, 0.4) is 0 Å². The van der Waals surface area contributed by atoms with Gasteiger partial charge in [0.05, 0.1) is 0 Å². The summed E-state index contributed by atoms with van der Waals surface area (Å²) in [5, 5.41) is 2.68. The van der Waals surface area contributed by atoms with Gasteiger partial charge in [0, 0.05) is 41.8 Å². The number of rotatable bonds is 4. The fourth-order valence-corrected chi connectivity index (χ4v) is 2.29. The second-order valence-corrected chi connectivity index (χ2v) is 6.93. The van der Waals surface area contributed by atoms with Crippen LogP contribution in [0.25, 0.3) is 0 Å². The smallest absolute Gasteiger partial charge is 0.245 e. The molecule has 0 aromatic heterocycles. The molecule has 0 saturated carbocycles. The minimum absolute atomic E-state index is 0.0597. The zero-order chi connectivity index (χ0) is 13.9. The molecule has 1 heterocycles. The summed E-state index contributed by atoms with van der Waals surface area (Å²) >= 11 is 0. The Morgan fingerprint density at radius 2 is 2.00 bits per heavy atom. The van der Waals surface area contributed by atoms with Gasteiger partial charge in [-0.25, -0.2) is 0 Å². The Morgan fingerprint density at radius 1 is 1.39 bits per heavy atom. The maximum absolute atomic E-state index is 12.3. The Bertz CT molecular complexity index is 357. The summed E-state index contributed by atoms with van der Waals surface area (Å²) < 4.78 is 11.4. The first-order chi connectivity index (χ1) is 8.32. The van der Waals surface area contributed by atoms with Crippen LogP contribution in [0.5, 0.6) is 0 Å².